The second-order valence-electron chi connectivity index (χ2n) is 3.40. The number of aldehydes is 1. The van der Waals surface area contributed by atoms with Crippen molar-refractivity contribution in [3.63, 3.8) is 0 Å². The van der Waals surface area contributed by atoms with E-state index in [4.69, 9.17) is 0 Å². The van der Waals surface area contributed by atoms with Crippen molar-refractivity contribution in [2.75, 3.05) is 7.11 Å². The van der Waals surface area contributed by atoms with Crippen LogP contribution in [0.15, 0.2) is 12.1 Å². The molecule has 0 saturated heterocycles. The molecule has 1 aromatic rings. The van der Waals surface area contributed by atoms with Gasteiger partial charge in [-0.3, -0.25) is 0 Å². The molecule has 3 nitrogen and oxygen atoms in total. The van der Waals surface area contributed by atoms with Gasteiger partial charge in [-0.2, -0.15) is 13.2 Å². The molecule has 0 unspecified atom stereocenters. The van der Waals surface area contributed by atoms with Crippen molar-refractivity contribution in [3.8, 4) is 11.5 Å². The highest BCUT2D eigenvalue weighted by molar-refractivity contribution is 5.53. The first-order chi connectivity index (χ1) is 7.90. The second kappa shape index (κ2) is 5.07. The van der Waals surface area contributed by atoms with Gasteiger partial charge in [0, 0.05) is 6.42 Å². The monoisotopic (exact) mass is 248 g/mol. The molecule has 1 N–H and O–H groups in total. The summed E-state index contributed by atoms with van der Waals surface area (Å²) in [4.78, 5) is 10.2. The Morgan fingerprint density at radius 1 is 1.41 bits per heavy atom. The third-order valence-electron chi connectivity index (χ3n) is 2.21. The number of hydrogen-bond acceptors (Lipinski definition) is 3. The number of methoxy groups -OCH3 is 1. The van der Waals surface area contributed by atoms with Gasteiger partial charge in [0.15, 0.2) is 11.5 Å². The molecule has 0 aromatic heterocycles. The summed E-state index contributed by atoms with van der Waals surface area (Å²) in [5, 5.41) is 9.36. The van der Waals surface area contributed by atoms with E-state index in [1.54, 1.807) is 0 Å². The zero-order valence-electron chi connectivity index (χ0n) is 9.04. The maximum absolute atomic E-state index is 12.6. The fourth-order valence-corrected chi connectivity index (χ4v) is 1.41. The van der Waals surface area contributed by atoms with Gasteiger partial charge in [-0.05, 0) is 24.1 Å². The van der Waals surface area contributed by atoms with Crippen molar-refractivity contribution in [3.05, 3.63) is 23.3 Å². The minimum Gasteiger partial charge on any atom is -0.504 e. The number of phenols is 1. The van der Waals surface area contributed by atoms with E-state index < -0.39 is 17.5 Å². The molecule has 0 aliphatic carbocycles. The van der Waals surface area contributed by atoms with E-state index in [0.717, 1.165) is 6.07 Å². The number of halogens is 3. The second-order valence-corrected chi connectivity index (χ2v) is 3.40. The smallest absolute Gasteiger partial charge is 0.420 e. The summed E-state index contributed by atoms with van der Waals surface area (Å²) in [6.45, 7) is 0. The first-order valence-electron chi connectivity index (χ1n) is 4.81. The molecule has 0 saturated carbocycles. The molecular formula is C11H11F3O3. The van der Waals surface area contributed by atoms with E-state index in [0.29, 0.717) is 11.8 Å². The number of hydrogen-bond donors (Lipinski definition) is 1. The summed E-state index contributed by atoms with van der Waals surface area (Å²) in [6, 6.07) is 2.11. The molecule has 1 aromatic carbocycles. The molecule has 6 heteroatoms. The van der Waals surface area contributed by atoms with Crippen LogP contribution >= 0.6 is 0 Å². The van der Waals surface area contributed by atoms with Gasteiger partial charge in [0.2, 0.25) is 0 Å². The Kier molecular flexibility index (Phi) is 3.98. The minimum atomic E-state index is -4.66. The average molecular weight is 248 g/mol. The van der Waals surface area contributed by atoms with Crippen LogP contribution in [0.2, 0.25) is 0 Å². The van der Waals surface area contributed by atoms with Crippen LogP contribution in [0.5, 0.6) is 11.5 Å². The average Bonchev–Trinajstić information content (AvgIpc) is 2.26. The molecule has 0 bridgehead atoms. The molecular weight excluding hydrogens is 237 g/mol. The Morgan fingerprint density at radius 2 is 2.06 bits per heavy atom. The number of rotatable bonds is 4. The molecule has 0 atom stereocenters. The van der Waals surface area contributed by atoms with Gasteiger partial charge in [-0.15, -0.1) is 0 Å². The van der Waals surface area contributed by atoms with Gasteiger partial charge >= 0.3 is 6.18 Å². The number of benzene rings is 1. The first-order valence-corrected chi connectivity index (χ1v) is 4.81. The lowest BCUT2D eigenvalue weighted by Crippen LogP contribution is -2.07. The summed E-state index contributed by atoms with van der Waals surface area (Å²) in [7, 11) is 1.17. The highest BCUT2D eigenvalue weighted by Gasteiger charge is 2.35. The van der Waals surface area contributed by atoms with Crippen LogP contribution < -0.4 is 4.74 Å². The molecule has 94 valence electrons. The summed E-state index contributed by atoms with van der Waals surface area (Å²) >= 11 is 0. The Balaban J connectivity index is 3.23. The Hall–Kier alpha value is -1.72. The lowest BCUT2D eigenvalue weighted by atomic mass is 10.0. The van der Waals surface area contributed by atoms with Crippen LogP contribution in [-0.2, 0) is 17.4 Å². The molecule has 17 heavy (non-hydrogen) atoms. The molecule has 1 rings (SSSR count). The van der Waals surface area contributed by atoms with Crippen LogP contribution in [-0.4, -0.2) is 18.5 Å². The van der Waals surface area contributed by atoms with Gasteiger partial charge in [0.1, 0.15) is 11.8 Å². The number of ether oxygens (including phenoxy) is 1. The number of phenolic OH excluding ortho intramolecular Hbond substituents is 1. The third kappa shape index (κ3) is 3.12. The van der Waals surface area contributed by atoms with Crippen molar-refractivity contribution in [1.82, 2.24) is 0 Å². The zero-order valence-corrected chi connectivity index (χ0v) is 9.04. The fraction of sp³-hybridized carbons (Fsp3) is 0.364. The van der Waals surface area contributed by atoms with Crippen LogP contribution in [0.25, 0.3) is 0 Å². The van der Waals surface area contributed by atoms with Crippen molar-refractivity contribution in [2.24, 2.45) is 0 Å². The molecule has 0 aliphatic rings. The maximum atomic E-state index is 12.6. The number of aromatic hydroxyl groups is 1. The molecule has 0 aliphatic heterocycles. The number of carbonyl (C=O) groups excluding carboxylic acids is 1. The summed E-state index contributed by atoms with van der Waals surface area (Å²) < 4.78 is 42.4. The van der Waals surface area contributed by atoms with E-state index in [1.165, 1.54) is 13.2 Å². The van der Waals surface area contributed by atoms with Crippen LogP contribution in [0.3, 0.4) is 0 Å². The van der Waals surface area contributed by atoms with E-state index in [2.05, 4.69) is 4.74 Å². The maximum Gasteiger partial charge on any atom is 0.420 e. The highest BCUT2D eigenvalue weighted by Crippen LogP contribution is 2.41. The fourth-order valence-electron chi connectivity index (χ4n) is 1.41. The lowest BCUT2D eigenvalue weighted by Gasteiger charge is -2.13. The molecule has 0 heterocycles. The van der Waals surface area contributed by atoms with Gasteiger partial charge in [-0.1, -0.05) is 0 Å². The van der Waals surface area contributed by atoms with E-state index in [1.807, 2.05) is 0 Å². The van der Waals surface area contributed by atoms with E-state index >= 15 is 0 Å². The van der Waals surface area contributed by atoms with Crippen molar-refractivity contribution in [1.29, 1.82) is 0 Å². The van der Waals surface area contributed by atoms with Crippen molar-refractivity contribution < 1.29 is 27.8 Å². The van der Waals surface area contributed by atoms with E-state index in [-0.39, 0.29) is 18.6 Å². The predicted octanol–water partition coefficient (Wildman–Crippen LogP) is 2.55. The quantitative estimate of drug-likeness (QED) is 0.833. The van der Waals surface area contributed by atoms with Crippen molar-refractivity contribution in [2.45, 2.75) is 19.0 Å². The highest BCUT2D eigenvalue weighted by atomic mass is 19.4. The zero-order chi connectivity index (χ0) is 13.1. The van der Waals surface area contributed by atoms with Crippen LogP contribution in [0, 0.1) is 0 Å². The van der Waals surface area contributed by atoms with Gasteiger partial charge in [0.25, 0.3) is 0 Å². The number of carbonyl (C=O) groups is 1. The largest absolute Gasteiger partial charge is 0.504 e. The van der Waals surface area contributed by atoms with Gasteiger partial charge < -0.3 is 14.6 Å². The Labute approximate surface area is 95.8 Å². The molecule has 0 fully saturated rings. The molecule has 0 radical (unpaired) electrons. The number of alkyl halides is 3. The standard InChI is InChI=1S/C11H11F3O3/c1-17-9-6-7(3-2-4-15)5-8(10(9)16)11(12,13)14/h4-6,16H,2-3H2,1H3. The van der Waals surface area contributed by atoms with Gasteiger partial charge in [0.05, 0.1) is 7.11 Å². The number of aryl methyl sites for hydroxylation is 1. The molecule has 0 amide bonds. The minimum absolute atomic E-state index is 0.116. The summed E-state index contributed by atoms with van der Waals surface area (Å²) in [5.41, 5.74) is -0.864. The topological polar surface area (TPSA) is 46.5 Å². The Bertz CT molecular complexity index is 413. The lowest BCUT2D eigenvalue weighted by molar-refractivity contribution is -0.138. The Morgan fingerprint density at radius 3 is 2.53 bits per heavy atom. The van der Waals surface area contributed by atoms with E-state index in [9.17, 15) is 23.1 Å². The van der Waals surface area contributed by atoms with Crippen molar-refractivity contribution >= 4 is 6.29 Å². The SMILES string of the molecule is COc1cc(CCC=O)cc(C(F)(F)F)c1O. The normalized spacial score (nSPS) is 11.3. The predicted molar refractivity (Wildman–Crippen MR) is 54.0 cm³/mol. The first kappa shape index (κ1) is 13.3. The summed E-state index contributed by atoms with van der Waals surface area (Å²) in [6.07, 6.45) is -3.75. The van der Waals surface area contributed by atoms with Crippen LogP contribution in [0.4, 0.5) is 13.2 Å². The van der Waals surface area contributed by atoms with Crippen LogP contribution in [0.1, 0.15) is 17.5 Å². The third-order valence-corrected chi connectivity index (χ3v) is 2.21. The summed E-state index contributed by atoms with van der Waals surface area (Å²) in [5.74, 6) is -1.18. The van der Waals surface area contributed by atoms with Gasteiger partial charge in [-0.25, -0.2) is 0 Å². The molecule has 0 spiro atoms.